The number of hydrogen-bond acceptors (Lipinski definition) is 3. The highest BCUT2D eigenvalue weighted by Crippen LogP contribution is 2.61. The zero-order valence-corrected chi connectivity index (χ0v) is 11.7. The lowest BCUT2D eigenvalue weighted by Gasteiger charge is -2.13. The minimum atomic E-state index is 0.194. The molecule has 1 aromatic carbocycles. The number of benzene rings is 1. The lowest BCUT2D eigenvalue weighted by Crippen LogP contribution is -2.28. The fraction of sp³-hybridized carbons (Fsp3) is 0.500. The van der Waals surface area contributed by atoms with E-state index in [1.807, 2.05) is 11.7 Å². The summed E-state index contributed by atoms with van der Waals surface area (Å²) in [5.41, 5.74) is 9.55. The minimum Gasteiger partial charge on any atom is -0.327 e. The van der Waals surface area contributed by atoms with Gasteiger partial charge in [0, 0.05) is 19.5 Å². The predicted octanol–water partition coefficient (Wildman–Crippen LogP) is 1.66. The second-order valence-electron chi connectivity index (χ2n) is 6.17. The number of hydrogen-bond donors (Lipinski definition) is 1. The molecule has 2 aliphatic carbocycles. The van der Waals surface area contributed by atoms with Crippen LogP contribution in [0.4, 0.5) is 0 Å². The topological polar surface area (TPSA) is 56.7 Å². The Morgan fingerprint density at radius 1 is 1.40 bits per heavy atom. The number of nitrogens with two attached hydrogens (primary N) is 1. The maximum Gasteiger partial charge on any atom is 0.138 e. The molecular formula is C16H20N4. The maximum atomic E-state index is 6.47. The second-order valence-corrected chi connectivity index (χ2v) is 6.17. The van der Waals surface area contributed by atoms with Crippen molar-refractivity contribution in [1.29, 1.82) is 0 Å². The van der Waals surface area contributed by atoms with Crippen LogP contribution in [-0.2, 0) is 19.9 Å². The Hall–Kier alpha value is -1.68. The van der Waals surface area contributed by atoms with Crippen LogP contribution in [0.15, 0.2) is 30.6 Å². The van der Waals surface area contributed by atoms with Crippen molar-refractivity contribution in [1.82, 2.24) is 14.8 Å². The fourth-order valence-corrected chi connectivity index (χ4v) is 4.06. The van der Waals surface area contributed by atoms with Gasteiger partial charge in [-0.2, -0.15) is 5.10 Å². The van der Waals surface area contributed by atoms with Crippen molar-refractivity contribution in [3.05, 3.63) is 47.5 Å². The molecule has 0 bridgehead atoms. The van der Waals surface area contributed by atoms with Gasteiger partial charge in [0.15, 0.2) is 0 Å². The molecular weight excluding hydrogens is 248 g/mol. The molecule has 1 saturated carbocycles. The molecule has 1 fully saturated rings. The third kappa shape index (κ3) is 1.79. The zero-order chi connectivity index (χ0) is 13.7. The molecule has 0 amide bonds. The van der Waals surface area contributed by atoms with E-state index in [9.17, 15) is 0 Å². The van der Waals surface area contributed by atoms with Gasteiger partial charge in [-0.05, 0) is 41.7 Å². The SMILES string of the molecule is Cn1ncnc1CC(N)C1C2CCc3ccccc3C21. The number of aromatic nitrogens is 3. The van der Waals surface area contributed by atoms with E-state index in [0.717, 1.165) is 18.2 Å². The van der Waals surface area contributed by atoms with E-state index in [1.165, 1.54) is 18.4 Å². The monoisotopic (exact) mass is 268 g/mol. The maximum absolute atomic E-state index is 6.47. The van der Waals surface area contributed by atoms with Crippen molar-refractivity contribution >= 4 is 0 Å². The predicted molar refractivity (Wildman–Crippen MR) is 77.2 cm³/mol. The summed E-state index contributed by atoms with van der Waals surface area (Å²) >= 11 is 0. The van der Waals surface area contributed by atoms with Crippen LogP contribution >= 0.6 is 0 Å². The lowest BCUT2D eigenvalue weighted by molar-refractivity contribution is 0.511. The Bertz CT molecular complexity index is 633. The molecule has 2 aromatic rings. The number of fused-ring (bicyclic) bond motifs is 3. The average molecular weight is 268 g/mol. The third-order valence-corrected chi connectivity index (χ3v) is 5.11. The van der Waals surface area contributed by atoms with Gasteiger partial charge < -0.3 is 5.73 Å². The molecule has 104 valence electrons. The molecule has 4 unspecified atom stereocenters. The van der Waals surface area contributed by atoms with Crippen LogP contribution in [0, 0.1) is 11.8 Å². The molecule has 0 aliphatic heterocycles. The van der Waals surface area contributed by atoms with Gasteiger partial charge in [-0.15, -0.1) is 0 Å². The van der Waals surface area contributed by atoms with E-state index in [4.69, 9.17) is 5.73 Å². The summed E-state index contributed by atoms with van der Waals surface area (Å²) < 4.78 is 1.83. The Labute approximate surface area is 119 Å². The van der Waals surface area contributed by atoms with Gasteiger partial charge in [-0.25, -0.2) is 4.98 Å². The standard InChI is InChI=1S/C16H20N4/c1-20-14(18-9-19-20)8-13(17)16-12-7-6-10-4-2-3-5-11(10)15(12)16/h2-5,9,12-13,15-16H,6-8,17H2,1H3. The van der Waals surface area contributed by atoms with Crippen LogP contribution in [0.25, 0.3) is 0 Å². The van der Waals surface area contributed by atoms with Crippen molar-refractivity contribution in [3.8, 4) is 0 Å². The summed E-state index contributed by atoms with van der Waals surface area (Å²) in [7, 11) is 1.93. The molecule has 4 rings (SSSR count). The molecule has 1 aromatic heterocycles. The fourth-order valence-electron chi connectivity index (χ4n) is 4.06. The molecule has 2 N–H and O–H groups in total. The van der Waals surface area contributed by atoms with Gasteiger partial charge in [0.2, 0.25) is 0 Å². The molecule has 4 atom stereocenters. The third-order valence-electron chi connectivity index (χ3n) is 5.11. The first-order valence-electron chi connectivity index (χ1n) is 7.42. The Balaban J connectivity index is 1.53. The summed E-state index contributed by atoms with van der Waals surface area (Å²) in [5.74, 6) is 3.08. The molecule has 2 aliphatic rings. The average Bonchev–Trinajstić information content (AvgIpc) is 3.09. The molecule has 0 saturated heterocycles. The highest BCUT2D eigenvalue weighted by atomic mass is 15.3. The van der Waals surface area contributed by atoms with Crippen LogP contribution in [0.5, 0.6) is 0 Å². The second kappa shape index (κ2) is 4.42. The van der Waals surface area contributed by atoms with E-state index in [1.54, 1.807) is 11.9 Å². The molecule has 0 radical (unpaired) electrons. The number of nitrogens with zero attached hydrogens (tertiary/aromatic N) is 3. The first kappa shape index (κ1) is 12.1. The van der Waals surface area contributed by atoms with Gasteiger partial charge >= 0.3 is 0 Å². The quantitative estimate of drug-likeness (QED) is 0.921. The first-order chi connectivity index (χ1) is 9.75. The largest absolute Gasteiger partial charge is 0.327 e. The van der Waals surface area contributed by atoms with Crippen LogP contribution < -0.4 is 5.73 Å². The molecule has 4 nitrogen and oxygen atoms in total. The van der Waals surface area contributed by atoms with Crippen LogP contribution in [0.2, 0.25) is 0 Å². The summed E-state index contributed by atoms with van der Waals surface area (Å²) in [6.45, 7) is 0. The number of rotatable bonds is 3. The molecule has 20 heavy (non-hydrogen) atoms. The smallest absolute Gasteiger partial charge is 0.138 e. The summed E-state index contributed by atoms with van der Waals surface area (Å²) in [6, 6.07) is 9.07. The Morgan fingerprint density at radius 3 is 3.05 bits per heavy atom. The van der Waals surface area contributed by atoms with Gasteiger partial charge in [0.05, 0.1) is 0 Å². The van der Waals surface area contributed by atoms with Crippen LogP contribution in [0.1, 0.15) is 29.3 Å². The highest BCUT2D eigenvalue weighted by molar-refractivity contribution is 5.40. The zero-order valence-electron chi connectivity index (χ0n) is 11.7. The summed E-state index contributed by atoms with van der Waals surface area (Å²) in [6.07, 6.45) is 4.94. The molecule has 0 spiro atoms. The normalized spacial score (nSPS) is 28.6. The van der Waals surface area contributed by atoms with Crippen molar-refractivity contribution in [3.63, 3.8) is 0 Å². The van der Waals surface area contributed by atoms with Crippen molar-refractivity contribution < 1.29 is 0 Å². The van der Waals surface area contributed by atoms with Crippen molar-refractivity contribution in [2.45, 2.75) is 31.2 Å². The summed E-state index contributed by atoms with van der Waals surface area (Å²) in [4.78, 5) is 4.30. The highest BCUT2D eigenvalue weighted by Gasteiger charge is 2.55. The van der Waals surface area contributed by atoms with Gasteiger partial charge in [-0.1, -0.05) is 24.3 Å². The van der Waals surface area contributed by atoms with Crippen molar-refractivity contribution in [2.75, 3.05) is 0 Å². The van der Waals surface area contributed by atoms with Gasteiger partial charge in [-0.3, -0.25) is 4.68 Å². The van der Waals surface area contributed by atoms with E-state index in [2.05, 4.69) is 34.3 Å². The number of aryl methyl sites for hydroxylation is 2. The van der Waals surface area contributed by atoms with Crippen LogP contribution in [0.3, 0.4) is 0 Å². The molecule has 4 heteroatoms. The van der Waals surface area contributed by atoms with E-state index in [0.29, 0.717) is 11.8 Å². The first-order valence-corrected chi connectivity index (χ1v) is 7.42. The lowest BCUT2D eigenvalue weighted by atomic mass is 9.92. The van der Waals surface area contributed by atoms with Gasteiger partial charge in [0.1, 0.15) is 12.2 Å². The Kier molecular flexibility index (Phi) is 2.67. The van der Waals surface area contributed by atoms with E-state index >= 15 is 0 Å². The minimum absolute atomic E-state index is 0.194. The van der Waals surface area contributed by atoms with Crippen molar-refractivity contribution in [2.24, 2.45) is 24.6 Å². The van der Waals surface area contributed by atoms with Crippen LogP contribution in [-0.4, -0.2) is 20.8 Å². The van der Waals surface area contributed by atoms with Gasteiger partial charge in [0.25, 0.3) is 0 Å². The van der Waals surface area contributed by atoms with E-state index < -0.39 is 0 Å². The molecule has 1 heterocycles. The Morgan fingerprint density at radius 2 is 2.25 bits per heavy atom. The summed E-state index contributed by atoms with van der Waals surface area (Å²) in [5, 5.41) is 4.13. The van der Waals surface area contributed by atoms with E-state index in [-0.39, 0.29) is 6.04 Å².